The van der Waals surface area contributed by atoms with Crippen molar-refractivity contribution in [3.63, 3.8) is 0 Å². The molecule has 1 aliphatic carbocycles. The predicted octanol–water partition coefficient (Wildman–Crippen LogP) is 4.57. The number of benzene rings is 1. The maximum absolute atomic E-state index is 10.1. The van der Waals surface area contributed by atoms with Crippen molar-refractivity contribution in [2.75, 3.05) is 20.6 Å². The van der Waals surface area contributed by atoms with Crippen molar-refractivity contribution in [2.24, 2.45) is 5.92 Å². The largest absolute Gasteiger partial charge is 0.508 e. The summed E-state index contributed by atoms with van der Waals surface area (Å²) in [5, 5.41) is 10.1. The molecule has 0 aliphatic heterocycles. The Labute approximate surface area is 130 Å². The van der Waals surface area contributed by atoms with Crippen LogP contribution in [0.15, 0.2) is 18.2 Å². The van der Waals surface area contributed by atoms with Crippen LogP contribution >= 0.6 is 0 Å². The Morgan fingerprint density at radius 3 is 2.62 bits per heavy atom. The molecule has 1 fully saturated rings. The van der Waals surface area contributed by atoms with Crippen LogP contribution in [0.4, 0.5) is 0 Å². The highest BCUT2D eigenvalue weighted by atomic mass is 16.3. The molecule has 1 saturated carbocycles. The third kappa shape index (κ3) is 4.74. The van der Waals surface area contributed by atoms with E-state index in [0.717, 1.165) is 18.9 Å². The van der Waals surface area contributed by atoms with Gasteiger partial charge in [-0.3, -0.25) is 0 Å². The van der Waals surface area contributed by atoms with Crippen molar-refractivity contribution in [3.05, 3.63) is 29.3 Å². The van der Waals surface area contributed by atoms with Gasteiger partial charge >= 0.3 is 0 Å². The van der Waals surface area contributed by atoms with Gasteiger partial charge in [-0.1, -0.05) is 32.3 Å². The maximum Gasteiger partial charge on any atom is 0.116 e. The lowest BCUT2D eigenvalue weighted by Gasteiger charge is -2.34. The molecule has 0 amide bonds. The van der Waals surface area contributed by atoms with Crippen molar-refractivity contribution in [2.45, 2.75) is 57.8 Å². The second-order valence-electron chi connectivity index (χ2n) is 6.95. The van der Waals surface area contributed by atoms with Gasteiger partial charge < -0.3 is 10.0 Å². The van der Waals surface area contributed by atoms with E-state index >= 15 is 0 Å². The van der Waals surface area contributed by atoms with Crippen LogP contribution in [0.5, 0.6) is 5.75 Å². The fourth-order valence-corrected chi connectivity index (χ4v) is 3.77. The fourth-order valence-electron chi connectivity index (χ4n) is 3.77. The van der Waals surface area contributed by atoms with Gasteiger partial charge in [0.2, 0.25) is 0 Å². The lowest BCUT2D eigenvalue weighted by Crippen LogP contribution is -2.29. The van der Waals surface area contributed by atoms with Gasteiger partial charge in [-0.15, -0.1) is 0 Å². The fraction of sp³-hybridized carbons (Fsp3) is 0.684. The number of rotatable bonds is 6. The normalized spacial score (nSPS) is 22.7. The molecule has 0 bridgehead atoms. The molecule has 1 aromatic carbocycles. The van der Waals surface area contributed by atoms with Gasteiger partial charge in [0.15, 0.2) is 0 Å². The van der Waals surface area contributed by atoms with Gasteiger partial charge in [-0.2, -0.15) is 0 Å². The Morgan fingerprint density at radius 1 is 1.14 bits per heavy atom. The molecule has 1 aromatic rings. The third-order valence-corrected chi connectivity index (χ3v) is 4.76. The number of unbranched alkanes of at least 4 members (excludes halogenated alkanes) is 1. The Morgan fingerprint density at radius 2 is 1.90 bits per heavy atom. The first-order valence-electron chi connectivity index (χ1n) is 8.57. The van der Waals surface area contributed by atoms with Crippen LogP contribution in [-0.4, -0.2) is 30.6 Å². The van der Waals surface area contributed by atoms with Gasteiger partial charge in [-0.05, 0) is 74.9 Å². The molecule has 0 spiro atoms. The van der Waals surface area contributed by atoms with Crippen molar-refractivity contribution in [3.8, 4) is 5.75 Å². The standard InChI is InChI=1S/C19H31NO/c1-4-5-8-15-11-17(13-18(21)12-15)19-10-7-6-9-16(19)14-20(2)3/h11-13,16,19,21H,4-10,14H2,1-3H3. The zero-order valence-electron chi connectivity index (χ0n) is 13.9. The van der Waals surface area contributed by atoms with Gasteiger partial charge in [0, 0.05) is 6.54 Å². The van der Waals surface area contributed by atoms with Crippen LogP contribution < -0.4 is 0 Å². The number of aromatic hydroxyl groups is 1. The monoisotopic (exact) mass is 289 g/mol. The number of aryl methyl sites for hydroxylation is 1. The topological polar surface area (TPSA) is 23.5 Å². The average molecular weight is 289 g/mol. The molecule has 1 N–H and O–H groups in total. The summed E-state index contributed by atoms with van der Waals surface area (Å²) in [4.78, 5) is 2.31. The first-order chi connectivity index (χ1) is 10.1. The summed E-state index contributed by atoms with van der Waals surface area (Å²) >= 11 is 0. The SMILES string of the molecule is CCCCc1cc(O)cc(C2CCCCC2CN(C)C)c1. The van der Waals surface area contributed by atoms with Gasteiger partial charge in [0.1, 0.15) is 5.75 Å². The van der Waals surface area contributed by atoms with E-state index in [0.29, 0.717) is 11.7 Å². The van der Waals surface area contributed by atoms with E-state index in [1.807, 2.05) is 12.1 Å². The number of phenols is 1. The zero-order valence-corrected chi connectivity index (χ0v) is 13.9. The van der Waals surface area contributed by atoms with E-state index in [-0.39, 0.29) is 0 Å². The number of hydrogen-bond donors (Lipinski definition) is 1. The van der Waals surface area contributed by atoms with Crippen LogP contribution in [0.25, 0.3) is 0 Å². The Kier molecular flexibility index (Phi) is 6.10. The molecule has 21 heavy (non-hydrogen) atoms. The lowest BCUT2D eigenvalue weighted by molar-refractivity contribution is 0.233. The Balaban J connectivity index is 2.18. The summed E-state index contributed by atoms with van der Waals surface area (Å²) in [6, 6.07) is 6.31. The van der Waals surface area contributed by atoms with Gasteiger partial charge in [-0.25, -0.2) is 0 Å². The van der Waals surface area contributed by atoms with Crippen molar-refractivity contribution in [1.29, 1.82) is 0 Å². The second-order valence-corrected chi connectivity index (χ2v) is 6.95. The minimum atomic E-state index is 0.452. The number of nitrogens with zero attached hydrogens (tertiary/aromatic N) is 1. The number of phenolic OH excluding ortho intramolecular Hbond substituents is 1. The summed E-state index contributed by atoms with van der Waals surface area (Å²) in [7, 11) is 4.33. The molecule has 0 radical (unpaired) electrons. The van der Waals surface area contributed by atoms with Gasteiger partial charge in [0.25, 0.3) is 0 Å². The van der Waals surface area contributed by atoms with E-state index in [2.05, 4.69) is 32.0 Å². The van der Waals surface area contributed by atoms with Crippen molar-refractivity contribution in [1.82, 2.24) is 4.90 Å². The van der Waals surface area contributed by atoms with E-state index < -0.39 is 0 Å². The molecule has 2 unspecified atom stereocenters. The Bertz CT molecular complexity index is 441. The molecule has 2 nitrogen and oxygen atoms in total. The molecular formula is C19H31NO. The molecular weight excluding hydrogens is 258 g/mol. The third-order valence-electron chi connectivity index (χ3n) is 4.76. The smallest absolute Gasteiger partial charge is 0.116 e. The summed E-state index contributed by atoms with van der Waals surface area (Å²) in [5.74, 6) is 1.80. The minimum absolute atomic E-state index is 0.452. The zero-order chi connectivity index (χ0) is 15.2. The highest BCUT2D eigenvalue weighted by Gasteiger charge is 2.27. The second kappa shape index (κ2) is 7.84. The average Bonchev–Trinajstić information content (AvgIpc) is 2.44. The maximum atomic E-state index is 10.1. The van der Waals surface area contributed by atoms with E-state index in [4.69, 9.17) is 0 Å². The molecule has 0 saturated heterocycles. The molecule has 0 aromatic heterocycles. The molecule has 2 heteroatoms. The highest BCUT2D eigenvalue weighted by molar-refractivity contribution is 5.36. The summed E-state index contributed by atoms with van der Waals surface area (Å²) in [6.07, 6.45) is 8.78. The van der Waals surface area contributed by atoms with Crippen LogP contribution in [0.1, 0.15) is 62.5 Å². The highest BCUT2D eigenvalue weighted by Crippen LogP contribution is 2.39. The van der Waals surface area contributed by atoms with Crippen LogP contribution in [0, 0.1) is 5.92 Å². The van der Waals surface area contributed by atoms with Crippen LogP contribution in [-0.2, 0) is 6.42 Å². The van der Waals surface area contributed by atoms with E-state index in [1.54, 1.807) is 0 Å². The van der Waals surface area contributed by atoms with Crippen molar-refractivity contribution >= 4 is 0 Å². The quantitative estimate of drug-likeness (QED) is 0.829. The summed E-state index contributed by atoms with van der Waals surface area (Å²) in [6.45, 7) is 3.38. The van der Waals surface area contributed by atoms with E-state index in [1.165, 1.54) is 49.7 Å². The Hall–Kier alpha value is -1.02. The minimum Gasteiger partial charge on any atom is -0.508 e. The summed E-state index contributed by atoms with van der Waals surface area (Å²) in [5.41, 5.74) is 2.67. The molecule has 2 rings (SSSR count). The predicted molar refractivity (Wildman–Crippen MR) is 90.0 cm³/mol. The van der Waals surface area contributed by atoms with Crippen LogP contribution in [0.2, 0.25) is 0 Å². The molecule has 1 aliphatic rings. The van der Waals surface area contributed by atoms with Crippen molar-refractivity contribution < 1.29 is 5.11 Å². The molecule has 2 atom stereocenters. The first-order valence-corrected chi connectivity index (χ1v) is 8.57. The lowest BCUT2D eigenvalue weighted by atomic mass is 9.75. The number of hydrogen-bond acceptors (Lipinski definition) is 2. The molecule has 118 valence electrons. The van der Waals surface area contributed by atoms with Crippen LogP contribution in [0.3, 0.4) is 0 Å². The first kappa shape index (κ1) is 16.4. The van der Waals surface area contributed by atoms with E-state index in [9.17, 15) is 5.11 Å². The molecule has 0 heterocycles. The summed E-state index contributed by atoms with van der Waals surface area (Å²) < 4.78 is 0. The van der Waals surface area contributed by atoms with Gasteiger partial charge in [0.05, 0.1) is 0 Å².